The molecule has 1 spiro atoms. The maximum absolute atomic E-state index is 12.9. The Bertz CT molecular complexity index is 972. The van der Waals surface area contributed by atoms with Crippen molar-refractivity contribution in [1.82, 2.24) is 9.47 Å². The summed E-state index contributed by atoms with van der Waals surface area (Å²) in [5.74, 6) is -0.117. The minimum Gasteiger partial charge on any atom is -0.363 e. The Morgan fingerprint density at radius 1 is 1.03 bits per heavy atom. The van der Waals surface area contributed by atoms with Crippen molar-refractivity contribution in [2.45, 2.75) is 24.9 Å². The Hall–Kier alpha value is -2.93. The highest BCUT2D eigenvalue weighted by Crippen LogP contribution is 2.33. The third kappa shape index (κ3) is 3.96. The van der Waals surface area contributed by atoms with E-state index in [2.05, 4.69) is 0 Å². The maximum atomic E-state index is 12.9. The number of rotatable bonds is 2. The number of anilines is 1. The van der Waals surface area contributed by atoms with Crippen LogP contribution in [-0.2, 0) is 16.6 Å². The number of hydrogen-bond donors (Lipinski definition) is 0. The summed E-state index contributed by atoms with van der Waals surface area (Å²) in [5, 5.41) is 0. The Balaban J connectivity index is 1.49. The zero-order valence-electron chi connectivity index (χ0n) is 16.5. The number of nitrogens with zero attached hydrogens (tertiary/aromatic N) is 3. The number of morpholine rings is 1. The van der Waals surface area contributed by atoms with E-state index in [1.807, 2.05) is 35.2 Å². The summed E-state index contributed by atoms with van der Waals surface area (Å²) in [6.07, 6.45) is 3.84. The van der Waals surface area contributed by atoms with Crippen molar-refractivity contribution in [3.8, 4) is 0 Å². The third-order valence-electron chi connectivity index (χ3n) is 5.83. The summed E-state index contributed by atoms with van der Waals surface area (Å²) in [6, 6.07) is 12.6. The van der Waals surface area contributed by atoms with Gasteiger partial charge in [0.1, 0.15) is 6.61 Å². The lowest BCUT2D eigenvalue weighted by Crippen LogP contribution is -2.55. The van der Waals surface area contributed by atoms with Crippen molar-refractivity contribution >= 4 is 17.5 Å². The number of carbonyl (C=O) groups excluding carboxylic acids is 2. The molecule has 2 saturated heterocycles. The van der Waals surface area contributed by atoms with Crippen molar-refractivity contribution in [2.24, 2.45) is 7.05 Å². The minimum absolute atomic E-state index is 0.0378. The first-order valence-electron chi connectivity index (χ1n) is 9.93. The lowest BCUT2D eigenvalue weighted by molar-refractivity contribution is -0.140. The molecule has 4 rings (SSSR count). The van der Waals surface area contributed by atoms with Gasteiger partial charge in [-0.15, -0.1) is 0 Å². The van der Waals surface area contributed by atoms with Gasteiger partial charge < -0.3 is 19.1 Å². The van der Waals surface area contributed by atoms with E-state index in [0.717, 1.165) is 18.5 Å². The fourth-order valence-corrected chi connectivity index (χ4v) is 4.13. The smallest absolute Gasteiger partial charge is 0.255 e. The van der Waals surface area contributed by atoms with Gasteiger partial charge in [-0.3, -0.25) is 14.4 Å². The predicted octanol–water partition coefficient (Wildman–Crippen LogP) is 1.81. The third-order valence-corrected chi connectivity index (χ3v) is 5.83. The van der Waals surface area contributed by atoms with E-state index < -0.39 is 5.60 Å². The average Bonchev–Trinajstić information content (AvgIpc) is 2.95. The first-order valence-corrected chi connectivity index (χ1v) is 9.93. The largest absolute Gasteiger partial charge is 0.363 e. The van der Waals surface area contributed by atoms with Crippen LogP contribution in [0.25, 0.3) is 0 Å². The molecule has 0 N–H and O–H groups in total. The minimum atomic E-state index is -0.442. The van der Waals surface area contributed by atoms with Gasteiger partial charge in [0.15, 0.2) is 0 Å². The SMILES string of the molecule is Cn1cc(C(=O)N2CCCC3(CC2)CN(c2ccccc2)C(=O)CO3)ccc1=O. The number of hydrogen-bond acceptors (Lipinski definition) is 4. The van der Waals surface area contributed by atoms with Crippen LogP contribution in [0.15, 0.2) is 53.5 Å². The Labute approximate surface area is 169 Å². The van der Waals surface area contributed by atoms with Gasteiger partial charge in [0.25, 0.3) is 11.8 Å². The normalized spacial score (nSPS) is 22.6. The van der Waals surface area contributed by atoms with Crippen LogP contribution in [0.5, 0.6) is 0 Å². The van der Waals surface area contributed by atoms with E-state index in [4.69, 9.17) is 4.74 Å². The van der Waals surface area contributed by atoms with Crippen LogP contribution in [0.2, 0.25) is 0 Å². The predicted molar refractivity (Wildman–Crippen MR) is 109 cm³/mol. The van der Waals surface area contributed by atoms with Gasteiger partial charge in [-0.05, 0) is 37.5 Å². The number of pyridine rings is 1. The van der Waals surface area contributed by atoms with Gasteiger partial charge in [0.05, 0.1) is 17.7 Å². The molecule has 1 atom stereocenters. The fraction of sp³-hybridized carbons (Fsp3) is 0.409. The standard InChI is InChI=1S/C22H25N3O4/c1-23-14-17(8-9-19(23)26)21(28)24-12-5-10-22(11-13-24)16-25(20(27)15-29-22)18-6-3-2-4-7-18/h2-4,6-9,14H,5,10-13,15-16H2,1H3. The topological polar surface area (TPSA) is 71.8 Å². The van der Waals surface area contributed by atoms with Gasteiger partial charge in [-0.1, -0.05) is 18.2 Å². The molecule has 2 fully saturated rings. The molecule has 29 heavy (non-hydrogen) atoms. The highest BCUT2D eigenvalue weighted by Gasteiger charge is 2.42. The molecule has 3 heterocycles. The van der Waals surface area contributed by atoms with E-state index in [1.165, 1.54) is 10.6 Å². The van der Waals surface area contributed by atoms with Crippen LogP contribution in [0, 0.1) is 0 Å². The van der Waals surface area contributed by atoms with Crippen LogP contribution in [0.3, 0.4) is 0 Å². The van der Waals surface area contributed by atoms with Crippen molar-refractivity contribution in [2.75, 3.05) is 31.1 Å². The van der Waals surface area contributed by atoms with Crippen LogP contribution in [0.4, 0.5) is 5.69 Å². The molecule has 152 valence electrons. The summed E-state index contributed by atoms with van der Waals surface area (Å²) in [4.78, 5) is 40.6. The first-order chi connectivity index (χ1) is 14.0. The molecule has 2 aliphatic rings. The molecular formula is C22H25N3O4. The summed E-state index contributed by atoms with van der Waals surface area (Å²) >= 11 is 0. The van der Waals surface area contributed by atoms with Crippen molar-refractivity contribution in [1.29, 1.82) is 0 Å². The Morgan fingerprint density at radius 3 is 2.59 bits per heavy atom. The maximum Gasteiger partial charge on any atom is 0.255 e. The highest BCUT2D eigenvalue weighted by atomic mass is 16.5. The Kier molecular flexibility index (Phi) is 5.24. The monoisotopic (exact) mass is 395 g/mol. The number of amides is 2. The van der Waals surface area contributed by atoms with Gasteiger partial charge in [0.2, 0.25) is 5.56 Å². The molecule has 2 aromatic rings. The van der Waals surface area contributed by atoms with Crippen molar-refractivity contribution < 1.29 is 14.3 Å². The van der Waals surface area contributed by atoms with E-state index in [-0.39, 0.29) is 24.0 Å². The molecule has 1 aromatic carbocycles. The van der Waals surface area contributed by atoms with E-state index >= 15 is 0 Å². The molecule has 0 bridgehead atoms. The lowest BCUT2D eigenvalue weighted by Gasteiger charge is -2.42. The fourth-order valence-electron chi connectivity index (χ4n) is 4.13. The number of carbonyl (C=O) groups is 2. The summed E-state index contributed by atoms with van der Waals surface area (Å²) in [6.45, 7) is 1.74. The number of aromatic nitrogens is 1. The molecule has 0 aliphatic carbocycles. The zero-order valence-corrected chi connectivity index (χ0v) is 16.5. The van der Waals surface area contributed by atoms with Crippen LogP contribution < -0.4 is 10.5 Å². The first kappa shape index (κ1) is 19.4. The van der Waals surface area contributed by atoms with Crippen molar-refractivity contribution in [3.05, 3.63) is 64.6 Å². The van der Waals surface area contributed by atoms with Crippen LogP contribution >= 0.6 is 0 Å². The van der Waals surface area contributed by atoms with E-state index in [0.29, 0.717) is 31.6 Å². The molecule has 0 radical (unpaired) electrons. The Morgan fingerprint density at radius 2 is 1.83 bits per heavy atom. The van der Waals surface area contributed by atoms with Gasteiger partial charge in [-0.25, -0.2) is 0 Å². The number of benzene rings is 1. The quantitative estimate of drug-likeness (QED) is 0.778. The average molecular weight is 395 g/mol. The number of aryl methyl sites for hydroxylation is 1. The second kappa shape index (κ2) is 7.83. The number of likely N-dealkylation sites (tertiary alicyclic amines) is 1. The lowest BCUT2D eigenvalue weighted by atomic mass is 9.92. The molecule has 1 unspecified atom stereocenters. The molecule has 2 aliphatic heterocycles. The van der Waals surface area contributed by atoms with Crippen molar-refractivity contribution in [3.63, 3.8) is 0 Å². The molecule has 7 heteroatoms. The molecule has 2 amide bonds. The van der Waals surface area contributed by atoms with E-state index in [9.17, 15) is 14.4 Å². The number of para-hydroxylation sites is 1. The van der Waals surface area contributed by atoms with Gasteiger partial charge in [0, 0.05) is 38.1 Å². The molecule has 0 saturated carbocycles. The second-order valence-electron chi connectivity index (χ2n) is 7.80. The molecule has 1 aromatic heterocycles. The van der Waals surface area contributed by atoms with Crippen LogP contribution in [0.1, 0.15) is 29.6 Å². The summed E-state index contributed by atoms with van der Waals surface area (Å²) in [7, 11) is 1.64. The second-order valence-corrected chi connectivity index (χ2v) is 7.80. The van der Waals surface area contributed by atoms with Crippen LogP contribution in [-0.4, -0.2) is 53.1 Å². The van der Waals surface area contributed by atoms with Gasteiger partial charge in [-0.2, -0.15) is 0 Å². The number of ether oxygens (including phenoxy) is 1. The summed E-state index contributed by atoms with van der Waals surface area (Å²) < 4.78 is 7.46. The molecule has 7 nitrogen and oxygen atoms in total. The highest BCUT2D eigenvalue weighted by molar-refractivity contribution is 5.95. The van der Waals surface area contributed by atoms with E-state index in [1.54, 1.807) is 24.2 Å². The summed E-state index contributed by atoms with van der Waals surface area (Å²) in [5.41, 5.74) is 0.802. The van der Waals surface area contributed by atoms with Gasteiger partial charge >= 0.3 is 0 Å². The molecular weight excluding hydrogens is 370 g/mol. The zero-order chi connectivity index (χ0) is 20.4.